The van der Waals surface area contributed by atoms with E-state index in [4.69, 9.17) is 5.73 Å². The zero-order chi connectivity index (χ0) is 12.3. The van der Waals surface area contributed by atoms with Crippen molar-refractivity contribution in [2.75, 3.05) is 26.9 Å². The van der Waals surface area contributed by atoms with Crippen molar-refractivity contribution >= 4 is 15.9 Å². The second-order valence-corrected chi connectivity index (χ2v) is 5.99. The lowest BCUT2D eigenvalue weighted by Crippen LogP contribution is -2.37. The van der Waals surface area contributed by atoms with Crippen LogP contribution < -0.4 is 5.73 Å². The van der Waals surface area contributed by atoms with Gasteiger partial charge in [-0.3, -0.25) is 0 Å². The van der Waals surface area contributed by atoms with E-state index in [0.29, 0.717) is 5.69 Å². The smallest absolute Gasteiger partial charge is 0.281 e. The molecule has 16 heavy (non-hydrogen) atoms. The van der Waals surface area contributed by atoms with Crippen molar-refractivity contribution in [3.8, 4) is 0 Å². The molecule has 0 saturated carbocycles. The van der Waals surface area contributed by atoms with E-state index in [1.807, 2.05) is 18.2 Å². The third kappa shape index (κ3) is 2.72. The number of hydrogen-bond acceptors (Lipinski definition) is 3. The van der Waals surface area contributed by atoms with Crippen LogP contribution in [-0.4, -0.2) is 38.2 Å². The number of hydrogen-bond donors (Lipinski definition) is 1. The fraction of sp³-hybridized carbons (Fsp3) is 0.400. The molecular formula is C10H17N3O2S. The molecule has 0 aliphatic carbocycles. The number of para-hydroxylation sites is 1. The third-order valence-corrected chi connectivity index (χ3v) is 4.14. The molecule has 0 unspecified atom stereocenters. The van der Waals surface area contributed by atoms with E-state index in [1.54, 1.807) is 6.07 Å². The predicted octanol–water partition coefficient (Wildman–Crippen LogP) is 0.507. The summed E-state index contributed by atoms with van der Waals surface area (Å²) >= 11 is 0. The van der Waals surface area contributed by atoms with Crippen molar-refractivity contribution in [3.05, 3.63) is 29.8 Å². The molecule has 5 nitrogen and oxygen atoms in total. The fourth-order valence-corrected chi connectivity index (χ4v) is 2.14. The summed E-state index contributed by atoms with van der Waals surface area (Å²) < 4.78 is 25.9. The second-order valence-electron chi connectivity index (χ2n) is 3.75. The van der Waals surface area contributed by atoms with Crippen LogP contribution >= 0.6 is 0 Å². The zero-order valence-electron chi connectivity index (χ0n) is 9.71. The van der Waals surface area contributed by atoms with E-state index >= 15 is 0 Å². The van der Waals surface area contributed by atoms with Crippen LogP contribution in [-0.2, 0) is 16.8 Å². The van der Waals surface area contributed by atoms with Crippen molar-refractivity contribution in [2.45, 2.75) is 6.54 Å². The number of nitrogens with two attached hydrogens (primary N) is 1. The lowest BCUT2D eigenvalue weighted by Gasteiger charge is -2.21. The van der Waals surface area contributed by atoms with E-state index in [0.717, 1.165) is 5.56 Å². The Morgan fingerprint density at radius 1 is 1.19 bits per heavy atom. The number of benzene rings is 1. The van der Waals surface area contributed by atoms with Crippen LogP contribution in [0, 0.1) is 0 Å². The maximum Gasteiger partial charge on any atom is 0.281 e. The molecule has 0 aromatic heterocycles. The largest absolute Gasteiger partial charge is 0.398 e. The monoisotopic (exact) mass is 243 g/mol. The van der Waals surface area contributed by atoms with Gasteiger partial charge in [-0.2, -0.15) is 17.0 Å². The summed E-state index contributed by atoms with van der Waals surface area (Å²) in [6.07, 6.45) is 0. The van der Waals surface area contributed by atoms with Crippen molar-refractivity contribution in [2.24, 2.45) is 0 Å². The third-order valence-electron chi connectivity index (χ3n) is 2.30. The summed E-state index contributed by atoms with van der Waals surface area (Å²) in [5.74, 6) is 0. The van der Waals surface area contributed by atoms with Gasteiger partial charge >= 0.3 is 0 Å². The van der Waals surface area contributed by atoms with E-state index in [1.165, 1.54) is 29.8 Å². The van der Waals surface area contributed by atoms with Gasteiger partial charge < -0.3 is 5.73 Å². The molecule has 0 saturated heterocycles. The number of nitrogens with zero attached hydrogens (tertiary/aromatic N) is 2. The van der Waals surface area contributed by atoms with Gasteiger partial charge in [0.1, 0.15) is 0 Å². The summed E-state index contributed by atoms with van der Waals surface area (Å²) in [6.45, 7) is 0.271. The molecule has 1 aromatic rings. The Bertz CT molecular complexity index is 457. The predicted molar refractivity (Wildman–Crippen MR) is 64.9 cm³/mol. The molecule has 6 heteroatoms. The first-order valence-corrected chi connectivity index (χ1v) is 6.22. The van der Waals surface area contributed by atoms with Crippen molar-refractivity contribution < 1.29 is 8.42 Å². The molecule has 0 heterocycles. The topological polar surface area (TPSA) is 66.6 Å². The highest BCUT2D eigenvalue weighted by Gasteiger charge is 2.20. The molecule has 0 spiro atoms. The molecule has 0 amide bonds. The molecule has 0 aliphatic heterocycles. The van der Waals surface area contributed by atoms with Crippen LogP contribution in [0.3, 0.4) is 0 Å². The molecule has 2 N–H and O–H groups in total. The molecule has 0 fully saturated rings. The summed E-state index contributed by atoms with van der Waals surface area (Å²) in [5.41, 5.74) is 7.15. The van der Waals surface area contributed by atoms with Crippen molar-refractivity contribution in [1.82, 2.24) is 8.61 Å². The molecule has 0 radical (unpaired) electrons. The Morgan fingerprint density at radius 2 is 1.75 bits per heavy atom. The molecule has 1 rings (SSSR count). The summed E-state index contributed by atoms with van der Waals surface area (Å²) in [4.78, 5) is 0. The van der Waals surface area contributed by atoms with Gasteiger partial charge in [-0.05, 0) is 11.6 Å². The van der Waals surface area contributed by atoms with Gasteiger partial charge in [-0.15, -0.1) is 0 Å². The fourth-order valence-electron chi connectivity index (χ4n) is 1.28. The first-order valence-electron chi connectivity index (χ1n) is 4.83. The van der Waals surface area contributed by atoms with Gasteiger partial charge in [0, 0.05) is 33.4 Å². The Labute approximate surface area is 96.6 Å². The molecule has 0 aliphatic rings. The van der Waals surface area contributed by atoms with Gasteiger partial charge in [0.05, 0.1) is 0 Å². The average molecular weight is 243 g/mol. The van der Waals surface area contributed by atoms with E-state index < -0.39 is 10.2 Å². The van der Waals surface area contributed by atoms with Crippen LogP contribution in [0.1, 0.15) is 5.56 Å². The highest BCUT2D eigenvalue weighted by atomic mass is 32.2. The first-order chi connectivity index (χ1) is 7.35. The zero-order valence-corrected chi connectivity index (χ0v) is 10.5. The Morgan fingerprint density at radius 3 is 2.25 bits per heavy atom. The molecular weight excluding hydrogens is 226 g/mol. The Kier molecular flexibility index (Phi) is 3.90. The molecule has 90 valence electrons. The highest BCUT2D eigenvalue weighted by Crippen LogP contribution is 2.14. The van der Waals surface area contributed by atoms with Crippen LogP contribution in [0.25, 0.3) is 0 Å². The number of nitrogen functional groups attached to an aromatic ring is 1. The summed E-state index contributed by atoms with van der Waals surface area (Å²) in [7, 11) is 1.15. The average Bonchev–Trinajstić information content (AvgIpc) is 2.21. The lowest BCUT2D eigenvalue weighted by atomic mass is 10.2. The van der Waals surface area contributed by atoms with Gasteiger partial charge in [0.2, 0.25) is 0 Å². The Balaban J connectivity index is 2.88. The minimum atomic E-state index is -3.38. The minimum Gasteiger partial charge on any atom is -0.398 e. The summed E-state index contributed by atoms with van der Waals surface area (Å²) in [5, 5.41) is 0. The van der Waals surface area contributed by atoms with Gasteiger partial charge in [-0.25, -0.2) is 0 Å². The maximum atomic E-state index is 11.8. The van der Waals surface area contributed by atoms with Crippen LogP contribution in [0.5, 0.6) is 0 Å². The molecule has 0 bridgehead atoms. The van der Waals surface area contributed by atoms with E-state index in [-0.39, 0.29) is 6.54 Å². The van der Waals surface area contributed by atoms with Crippen LogP contribution in [0.4, 0.5) is 5.69 Å². The van der Waals surface area contributed by atoms with Crippen LogP contribution in [0.15, 0.2) is 24.3 Å². The second kappa shape index (κ2) is 4.82. The summed E-state index contributed by atoms with van der Waals surface area (Å²) in [6, 6.07) is 7.23. The number of rotatable bonds is 4. The highest BCUT2D eigenvalue weighted by molar-refractivity contribution is 7.86. The lowest BCUT2D eigenvalue weighted by molar-refractivity contribution is 0.414. The first kappa shape index (κ1) is 13.0. The van der Waals surface area contributed by atoms with Crippen molar-refractivity contribution in [1.29, 1.82) is 0 Å². The van der Waals surface area contributed by atoms with Crippen molar-refractivity contribution in [3.63, 3.8) is 0 Å². The maximum absolute atomic E-state index is 11.8. The van der Waals surface area contributed by atoms with Crippen LogP contribution in [0.2, 0.25) is 0 Å². The number of anilines is 1. The molecule has 0 atom stereocenters. The van der Waals surface area contributed by atoms with Gasteiger partial charge in [-0.1, -0.05) is 18.2 Å². The molecule has 1 aromatic carbocycles. The minimum absolute atomic E-state index is 0.271. The normalized spacial score (nSPS) is 12.3. The quantitative estimate of drug-likeness (QED) is 0.783. The van der Waals surface area contributed by atoms with E-state index in [2.05, 4.69) is 0 Å². The van der Waals surface area contributed by atoms with Gasteiger partial charge in [0.25, 0.3) is 10.2 Å². The SMILES string of the molecule is CN(C)S(=O)(=O)N(C)Cc1ccccc1N. The van der Waals surface area contributed by atoms with E-state index in [9.17, 15) is 8.42 Å². The Hall–Kier alpha value is -1.11. The van der Waals surface area contributed by atoms with Gasteiger partial charge in [0.15, 0.2) is 0 Å². The standard InChI is InChI=1S/C10H17N3O2S/c1-12(2)16(14,15)13(3)8-9-6-4-5-7-10(9)11/h4-7H,8,11H2,1-3H3.